The van der Waals surface area contributed by atoms with Crippen LogP contribution in [0.3, 0.4) is 0 Å². The average Bonchev–Trinajstić information content (AvgIpc) is 2.44. The van der Waals surface area contributed by atoms with E-state index in [2.05, 4.69) is 5.43 Å². The maximum atomic E-state index is 13.2. The number of rotatable bonds is 4. The number of nitrogens with one attached hydrogen (secondary N) is 2. The Labute approximate surface area is 116 Å². The summed E-state index contributed by atoms with van der Waals surface area (Å²) in [5.41, 5.74) is 0.228. The van der Waals surface area contributed by atoms with Gasteiger partial charge in [0.1, 0.15) is 5.69 Å². The van der Waals surface area contributed by atoms with Gasteiger partial charge in [0.15, 0.2) is 0 Å². The molecule has 1 heterocycles. The van der Waals surface area contributed by atoms with Gasteiger partial charge in [-0.2, -0.15) is 4.39 Å². The first-order valence-electron chi connectivity index (χ1n) is 5.66. The molecule has 2 rings (SSSR count). The van der Waals surface area contributed by atoms with Gasteiger partial charge >= 0.3 is 5.69 Å². The molecular formula is C11H10FN5O4. The van der Waals surface area contributed by atoms with Crippen LogP contribution in [0, 0.1) is 15.9 Å². The molecule has 4 N–H and O–H groups in total. The van der Waals surface area contributed by atoms with Crippen LogP contribution < -0.4 is 22.5 Å². The Balaban J connectivity index is 2.52. The van der Waals surface area contributed by atoms with Crippen molar-refractivity contribution in [1.29, 1.82) is 0 Å². The Bertz CT molecular complexity index is 813. The van der Waals surface area contributed by atoms with E-state index < -0.39 is 22.0 Å². The first-order valence-corrected chi connectivity index (χ1v) is 5.66. The van der Waals surface area contributed by atoms with Gasteiger partial charge in [0.25, 0.3) is 11.2 Å². The Morgan fingerprint density at radius 2 is 2.14 bits per heavy atom. The Morgan fingerprint density at radius 3 is 2.76 bits per heavy atom. The van der Waals surface area contributed by atoms with E-state index in [1.807, 2.05) is 0 Å². The molecule has 0 unspecified atom stereocenters. The number of hydrogen-bond acceptors (Lipinski definition) is 6. The van der Waals surface area contributed by atoms with Crippen LogP contribution in [-0.2, 0) is 6.54 Å². The lowest BCUT2D eigenvalue weighted by Crippen LogP contribution is -2.31. The summed E-state index contributed by atoms with van der Waals surface area (Å²) in [7, 11) is 0. The van der Waals surface area contributed by atoms with Gasteiger partial charge in [0, 0.05) is 11.6 Å². The van der Waals surface area contributed by atoms with Crippen LogP contribution in [0.15, 0.2) is 34.0 Å². The number of para-hydroxylation sites is 1. The van der Waals surface area contributed by atoms with E-state index in [4.69, 9.17) is 5.84 Å². The minimum atomic E-state index is -1.14. The van der Waals surface area contributed by atoms with Crippen molar-refractivity contribution in [2.75, 3.05) is 5.43 Å². The molecular weight excluding hydrogens is 285 g/mol. The van der Waals surface area contributed by atoms with E-state index in [0.29, 0.717) is 5.56 Å². The van der Waals surface area contributed by atoms with Crippen molar-refractivity contribution >= 4 is 11.4 Å². The third-order valence-electron chi connectivity index (χ3n) is 2.78. The normalized spacial score (nSPS) is 10.4. The summed E-state index contributed by atoms with van der Waals surface area (Å²) < 4.78 is 14.1. The van der Waals surface area contributed by atoms with Crippen LogP contribution in [0.2, 0.25) is 0 Å². The van der Waals surface area contributed by atoms with E-state index in [-0.39, 0.29) is 17.9 Å². The second kappa shape index (κ2) is 5.54. The number of benzene rings is 1. The van der Waals surface area contributed by atoms with Gasteiger partial charge in [-0.15, -0.1) is 0 Å². The number of H-pyrrole nitrogens is 1. The number of halogens is 1. The minimum absolute atomic E-state index is 0.000933. The van der Waals surface area contributed by atoms with E-state index in [0.717, 1.165) is 10.8 Å². The molecule has 0 saturated heterocycles. The fourth-order valence-corrected chi connectivity index (χ4v) is 1.82. The number of nitrogen functional groups attached to an aromatic ring is 1. The summed E-state index contributed by atoms with van der Waals surface area (Å²) in [6, 6.07) is 4.12. The monoisotopic (exact) mass is 295 g/mol. The third kappa shape index (κ3) is 2.79. The average molecular weight is 295 g/mol. The van der Waals surface area contributed by atoms with Gasteiger partial charge in [-0.25, -0.2) is 4.79 Å². The van der Waals surface area contributed by atoms with Crippen molar-refractivity contribution in [3.05, 3.63) is 66.7 Å². The predicted octanol–water partition coefficient (Wildman–Crippen LogP) is -0.0822. The molecule has 0 atom stereocenters. The highest BCUT2D eigenvalue weighted by atomic mass is 19.1. The number of nitro groups is 1. The largest absolute Gasteiger partial charge is 0.328 e. The van der Waals surface area contributed by atoms with Crippen LogP contribution >= 0.6 is 0 Å². The van der Waals surface area contributed by atoms with Crippen LogP contribution in [0.25, 0.3) is 0 Å². The maximum Gasteiger partial charge on any atom is 0.328 e. The third-order valence-corrected chi connectivity index (χ3v) is 2.78. The minimum Gasteiger partial charge on any atom is -0.318 e. The molecule has 21 heavy (non-hydrogen) atoms. The number of aromatic nitrogens is 2. The molecule has 0 radical (unpaired) electrons. The lowest BCUT2D eigenvalue weighted by Gasteiger charge is -2.10. The SMILES string of the molecule is NNc1c(Cn2cc(F)c(=O)[nH]c2=O)cccc1[N+](=O)[O-]. The summed E-state index contributed by atoms with van der Waals surface area (Å²) in [4.78, 5) is 34.6. The number of nitrogens with two attached hydrogens (primary N) is 1. The van der Waals surface area contributed by atoms with Crippen molar-refractivity contribution < 1.29 is 9.31 Å². The molecule has 0 fully saturated rings. The van der Waals surface area contributed by atoms with Crippen molar-refractivity contribution in [2.24, 2.45) is 5.84 Å². The first kappa shape index (κ1) is 14.4. The Kier molecular flexibility index (Phi) is 3.80. The summed E-state index contributed by atoms with van der Waals surface area (Å²) >= 11 is 0. The molecule has 9 nitrogen and oxygen atoms in total. The summed E-state index contributed by atoms with van der Waals surface area (Å²) in [6.45, 7) is -0.201. The number of anilines is 1. The lowest BCUT2D eigenvalue weighted by atomic mass is 10.1. The standard InChI is InChI=1S/C11H10FN5O4/c12-7-5-16(11(19)14-10(7)18)4-6-2-1-3-8(17(20)21)9(6)15-13/h1-3,5,15H,4,13H2,(H,14,18,19). The van der Waals surface area contributed by atoms with E-state index in [1.54, 1.807) is 4.98 Å². The first-order chi connectivity index (χ1) is 9.93. The van der Waals surface area contributed by atoms with Crippen molar-refractivity contribution in [3.8, 4) is 0 Å². The Morgan fingerprint density at radius 1 is 1.43 bits per heavy atom. The highest BCUT2D eigenvalue weighted by Crippen LogP contribution is 2.27. The van der Waals surface area contributed by atoms with Gasteiger partial charge in [-0.05, 0) is 0 Å². The second-order valence-electron chi connectivity index (χ2n) is 4.08. The highest BCUT2D eigenvalue weighted by Gasteiger charge is 2.17. The second-order valence-corrected chi connectivity index (χ2v) is 4.08. The van der Waals surface area contributed by atoms with Crippen LogP contribution in [0.5, 0.6) is 0 Å². The van der Waals surface area contributed by atoms with Gasteiger partial charge in [-0.3, -0.25) is 30.3 Å². The molecule has 0 aliphatic rings. The molecule has 0 spiro atoms. The molecule has 2 aromatic rings. The molecule has 0 aliphatic heterocycles. The Hall–Kier alpha value is -3.01. The highest BCUT2D eigenvalue weighted by molar-refractivity contribution is 5.65. The molecule has 110 valence electrons. The molecule has 0 aliphatic carbocycles. The molecule has 10 heteroatoms. The smallest absolute Gasteiger partial charge is 0.318 e. The zero-order chi connectivity index (χ0) is 15.6. The molecule has 1 aromatic carbocycles. The number of hydrogen-bond donors (Lipinski definition) is 3. The number of nitrogens with zero attached hydrogens (tertiary/aromatic N) is 2. The van der Waals surface area contributed by atoms with Crippen molar-refractivity contribution in [2.45, 2.75) is 6.54 Å². The van der Waals surface area contributed by atoms with Crippen LogP contribution in [0.1, 0.15) is 5.56 Å². The topological polar surface area (TPSA) is 136 Å². The van der Waals surface area contributed by atoms with Gasteiger partial charge < -0.3 is 5.43 Å². The quantitative estimate of drug-likeness (QED) is 0.410. The fourth-order valence-electron chi connectivity index (χ4n) is 1.82. The van der Waals surface area contributed by atoms with E-state index >= 15 is 0 Å². The molecule has 0 saturated carbocycles. The zero-order valence-corrected chi connectivity index (χ0v) is 10.5. The van der Waals surface area contributed by atoms with Gasteiger partial charge in [0.2, 0.25) is 5.82 Å². The maximum absolute atomic E-state index is 13.2. The summed E-state index contributed by atoms with van der Waals surface area (Å²) in [6.07, 6.45) is 0.723. The number of aromatic amines is 1. The van der Waals surface area contributed by atoms with Gasteiger partial charge in [0.05, 0.1) is 17.7 Å². The summed E-state index contributed by atoms with van der Waals surface area (Å²) in [5.74, 6) is 4.12. The molecule has 0 bridgehead atoms. The number of hydrazine groups is 1. The lowest BCUT2D eigenvalue weighted by molar-refractivity contribution is -0.384. The van der Waals surface area contributed by atoms with E-state index in [9.17, 15) is 24.1 Å². The van der Waals surface area contributed by atoms with E-state index in [1.165, 1.54) is 18.2 Å². The zero-order valence-electron chi connectivity index (χ0n) is 10.5. The van der Waals surface area contributed by atoms with Crippen LogP contribution in [-0.4, -0.2) is 14.5 Å². The number of nitro benzene ring substituents is 1. The molecule has 0 amide bonds. The predicted molar refractivity (Wildman–Crippen MR) is 71.3 cm³/mol. The fraction of sp³-hybridized carbons (Fsp3) is 0.0909. The van der Waals surface area contributed by atoms with Crippen LogP contribution in [0.4, 0.5) is 15.8 Å². The van der Waals surface area contributed by atoms with Crippen molar-refractivity contribution in [3.63, 3.8) is 0 Å². The molecule has 1 aromatic heterocycles. The van der Waals surface area contributed by atoms with Crippen molar-refractivity contribution in [1.82, 2.24) is 9.55 Å². The summed E-state index contributed by atoms with van der Waals surface area (Å²) in [5, 5.41) is 10.9. The van der Waals surface area contributed by atoms with Gasteiger partial charge in [-0.1, -0.05) is 12.1 Å².